The number of unbranched alkanes of at least 4 members (excludes halogenated alkanes) is 13. The van der Waals surface area contributed by atoms with Crippen molar-refractivity contribution in [3.8, 4) is 0 Å². The van der Waals surface area contributed by atoms with Gasteiger partial charge in [-0.25, -0.2) is 4.79 Å². The van der Waals surface area contributed by atoms with Crippen molar-refractivity contribution in [2.75, 3.05) is 20.3 Å². The van der Waals surface area contributed by atoms with Crippen LogP contribution in [0.3, 0.4) is 0 Å². The summed E-state index contributed by atoms with van der Waals surface area (Å²) in [6, 6.07) is -1.24. The van der Waals surface area contributed by atoms with E-state index in [0.717, 1.165) is 60.5 Å². The summed E-state index contributed by atoms with van der Waals surface area (Å²) in [5.74, 6) is -6.82. The fourth-order valence-corrected chi connectivity index (χ4v) is 6.08. The monoisotopic (exact) mass is 715 g/mol. The minimum absolute atomic E-state index is 0.0660. The average Bonchev–Trinajstić information content (AvgIpc) is 3.03. The third kappa shape index (κ3) is 17.6. The molecule has 6 atom stereocenters. The van der Waals surface area contributed by atoms with Crippen molar-refractivity contribution in [2.24, 2.45) is 0 Å². The molecule has 50 heavy (non-hydrogen) atoms. The van der Waals surface area contributed by atoms with Crippen LogP contribution in [-0.2, 0) is 61.9 Å². The molecule has 0 aromatic heterocycles. The SMILES string of the molecule is CCCCCCCCCCCCCCCCO[C@@]1(C(=O)OC)C[C@H](OC(C)=O)[C@@H](NC(C)=O)[C@H]([C@H](OC(C)=O)[C@@H](COC(C)=O)OC(C)=O)O1. The van der Waals surface area contributed by atoms with Gasteiger partial charge in [0.25, 0.3) is 5.79 Å². The number of esters is 5. The fraction of sp³-hybridized carbons (Fsp3) is 0.833. The first-order chi connectivity index (χ1) is 23.8. The van der Waals surface area contributed by atoms with Crippen LogP contribution in [-0.4, -0.2) is 92.3 Å². The normalized spacial score (nSPS) is 21.3. The molecule has 0 aromatic rings. The summed E-state index contributed by atoms with van der Waals surface area (Å²) in [6.45, 7) is 7.40. The van der Waals surface area contributed by atoms with Crippen molar-refractivity contribution in [3.05, 3.63) is 0 Å². The molecule has 1 aliphatic heterocycles. The smallest absolute Gasteiger partial charge is 0.366 e. The Kier molecular flexibility index (Phi) is 22.2. The number of amides is 1. The van der Waals surface area contributed by atoms with Crippen molar-refractivity contribution < 1.29 is 61.9 Å². The summed E-state index contributed by atoms with van der Waals surface area (Å²) in [5, 5.41) is 2.64. The van der Waals surface area contributed by atoms with E-state index in [9.17, 15) is 28.8 Å². The first-order valence-corrected chi connectivity index (χ1v) is 18.1. The summed E-state index contributed by atoms with van der Waals surface area (Å²) < 4.78 is 39.1. The molecule has 14 heteroatoms. The number of ether oxygens (including phenoxy) is 7. The minimum atomic E-state index is -2.17. The van der Waals surface area contributed by atoms with Crippen molar-refractivity contribution >= 4 is 35.8 Å². The number of hydrogen-bond acceptors (Lipinski definition) is 13. The van der Waals surface area contributed by atoms with Gasteiger partial charge in [-0.1, -0.05) is 90.4 Å². The van der Waals surface area contributed by atoms with Crippen LogP contribution in [0.25, 0.3) is 0 Å². The molecule has 0 unspecified atom stereocenters. The predicted octanol–water partition coefficient (Wildman–Crippen LogP) is 5.01. The summed E-state index contributed by atoms with van der Waals surface area (Å²) in [6.07, 6.45) is 9.99. The van der Waals surface area contributed by atoms with Crippen LogP contribution in [0.2, 0.25) is 0 Å². The molecule has 1 heterocycles. The number of carbonyl (C=O) groups is 6. The zero-order valence-electron chi connectivity index (χ0n) is 31.2. The third-order valence-electron chi connectivity index (χ3n) is 8.33. The highest BCUT2D eigenvalue weighted by Crippen LogP contribution is 2.37. The molecule has 1 N–H and O–H groups in total. The Morgan fingerprint density at radius 3 is 1.68 bits per heavy atom. The van der Waals surface area contributed by atoms with E-state index in [-0.39, 0.29) is 13.0 Å². The van der Waals surface area contributed by atoms with E-state index in [4.69, 9.17) is 33.2 Å². The number of methoxy groups -OCH3 is 1. The Bertz CT molecular complexity index is 1070. The van der Waals surface area contributed by atoms with Gasteiger partial charge in [0.1, 0.15) is 18.8 Å². The molecular weight excluding hydrogens is 654 g/mol. The lowest BCUT2D eigenvalue weighted by Gasteiger charge is -2.48. The van der Waals surface area contributed by atoms with Gasteiger partial charge < -0.3 is 38.5 Å². The van der Waals surface area contributed by atoms with Crippen LogP contribution in [0, 0.1) is 0 Å². The second-order valence-electron chi connectivity index (χ2n) is 12.9. The molecule has 14 nitrogen and oxygen atoms in total. The Morgan fingerprint density at radius 1 is 0.720 bits per heavy atom. The van der Waals surface area contributed by atoms with Gasteiger partial charge in [-0.2, -0.15) is 0 Å². The molecule has 288 valence electrons. The van der Waals surface area contributed by atoms with Crippen molar-refractivity contribution in [2.45, 2.75) is 174 Å². The standard InChI is InChI=1S/C36H61NO13/c1-8-9-10-11-12-13-14-15-16-17-18-19-20-21-22-46-36(35(43)44-7)23-30(47-27(4)40)32(37-25(2)38)34(50-36)33(49-29(6)42)31(48-28(5)41)24-45-26(3)39/h30-34H,8-24H2,1-7H3,(H,37,38)/t30-,31+,32+,33+,34+,36-/m0/s1. The maximum absolute atomic E-state index is 13.4. The third-order valence-corrected chi connectivity index (χ3v) is 8.33. The Morgan fingerprint density at radius 2 is 1.24 bits per heavy atom. The van der Waals surface area contributed by atoms with E-state index < -0.39 is 78.6 Å². The number of nitrogens with one attached hydrogen (secondary N) is 1. The minimum Gasteiger partial charge on any atom is -0.465 e. The topological polar surface area (TPSA) is 179 Å². The first-order valence-electron chi connectivity index (χ1n) is 18.1. The molecule has 1 aliphatic rings. The van der Waals surface area contributed by atoms with E-state index >= 15 is 0 Å². The molecule has 0 spiro atoms. The van der Waals surface area contributed by atoms with Crippen LogP contribution >= 0.6 is 0 Å². The maximum atomic E-state index is 13.4. The molecule has 0 radical (unpaired) electrons. The maximum Gasteiger partial charge on any atom is 0.366 e. The van der Waals surface area contributed by atoms with Crippen molar-refractivity contribution in [1.29, 1.82) is 0 Å². The molecule has 1 fully saturated rings. The van der Waals surface area contributed by atoms with Crippen LogP contribution in [0.15, 0.2) is 0 Å². The highest BCUT2D eigenvalue weighted by Gasteiger charge is 2.59. The quantitative estimate of drug-likeness (QED) is 0.0759. The van der Waals surface area contributed by atoms with Crippen molar-refractivity contribution in [3.63, 3.8) is 0 Å². The van der Waals surface area contributed by atoms with E-state index in [0.29, 0.717) is 6.42 Å². The van der Waals surface area contributed by atoms with E-state index in [1.807, 2.05) is 0 Å². The summed E-state index contributed by atoms with van der Waals surface area (Å²) in [4.78, 5) is 74.2. The molecule has 0 aromatic carbocycles. The van der Waals surface area contributed by atoms with Gasteiger partial charge in [0.2, 0.25) is 5.91 Å². The van der Waals surface area contributed by atoms with E-state index in [2.05, 4.69) is 12.2 Å². The first kappa shape index (κ1) is 44.8. The summed E-state index contributed by atoms with van der Waals surface area (Å²) >= 11 is 0. The van der Waals surface area contributed by atoms with Gasteiger partial charge in [0, 0.05) is 34.6 Å². The lowest BCUT2D eigenvalue weighted by atomic mass is 9.88. The molecule has 0 aliphatic carbocycles. The zero-order valence-corrected chi connectivity index (χ0v) is 31.2. The number of hydrogen-bond donors (Lipinski definition) is 1. The predicted molar refractivity (Wildman–Crippen MR) is 181 cm³/mol. The molecule has 1 amide bonds. The van der Waals surface area contributed by atoms with E-state index in [1.165, 1.54) is 64.7 Å². The molecule has 0 bridgehead atoms. The molecule has 0 saturated carbocycles. The highest BCUT2D eigenvalue weighted by atomic mass is 16.7. The lowest BCUT2D eigenvalue weighted by molar-refractivity contribution is -0.314. The van der Waals surface area contributed by atoms with Gasteiger partial charge in [-0.3, -0.25) is 24.0 Å². The average molecular weight is 716 g/mol. The van der Waals surface area contributed by atoms with Gasteiger partial charge in [-0.05, 0) is 6.42 Å². The largest absolute Gasteiger partial charge is 0.465 e. The Labute approximate surface area is 297 Å². The second-order valence-corrected chi connectivity index (χ2v) is 12.9. The fourth-order valence-electron chi connectivity index (χ4n) is 6.08. The number of carbonyl (C=O) groups excluding carboxylic acids is 6. The van der Waals surface area contributed by atoms with E-state index in [1.54, 1.807) is 0 Å². The summed E-state index contributed by atoms with van der Waals surface area (Å²) in [7, 11) is 1.13. The Balaban J connectivity index is 3.14. The molecule has 1 rings (SSSR count). The van der Waals surface area contributed by atoms with Crippen LogP contribution in [0.4, 0.5) is 0 Å². The Hall–Kier alpha value is -3.26. The van der Waals surface area contributed by atoms with Gasteiger partial charge in [0.05, 0.1) is 26.2 Å². The second kappa shape index (κ2) is 24.8. The van der Waals surface area contributed by atoms with Crippen LogP contribution in [0.1, 0.15) is 138 Å². The van der Waals surface area contributed by atoms with Crippen LogP contribution < -0.4 is 5.32 Å². The highest BCUT2D eigenvalue weighted by molar-refractivity contribution is 5.79. The summed E-state index contributed by atoms with van der Waals surface area (Å²) in [5.41, 5.74) is 0. The molecule has 1 saturated heterocycles. The lowest BCUT2D eigenvalue weighted by Crippen LogP contribution is -2.69. The van der Waals surface area contributed by atoms with Gasteiger partial charge in [-0.15, -0.1) is 0 Å². The molecular formula is C36H61NO13. The number of rotatable bonds is 25. The van der Waals surface area contributed by atoms with Crippen LogP contribution in [0.5, 0.6) is 0 Å². The zero-order chi connectivity index (χ0) is 37.5. The van der Waals surface area contributed by atoms with Crippen molar-refractivity contribution in [1.82, 2.24) is 5.32 Å². The van der Waals surface area contributed by atoms with Gasteiger partial charge in [0.15, 0.2) is 12.2 Å². The van der Waals surface area contributed by atoms with Gasteiger partial charge >= 0.3 is 29.8 Å².